The Morgan fingerprint density at radius 3 is 2.55 bits per heavy atom. The number of sulfonamides is 1. The Labute approximate surface area is 128 Å². The van der Waals surface area contributed by atoms with Crippen LogP contribution in [0.1, 0.15) is 37.3 Å². The van der Waals surface area contributed by atoms with Crippen LogP contribution >= 0.6 is 15.9 Å². The molecule has 20 heavy (non-hydrogen) atoms. The van der Waals surface area contributed by atoms with Crippen molar-refractivity contribution in [3.63, 3.8) is 0 Å². The number of nitrogens with one attached hydrogen (secondary N) is 1. The van der Waals surface area contributed by atoms with Gasteiger partial charge in [0.05, 0.1) is 11.5 Å². The maximum atomic E-state index is 12.4. The lowest BCUT2D eigenvalue weighted by Gasteiger charge is -2.38. The van der Waals surface area contributed by atoms with E-state index in [2.05, 4.69) is 27.6 Å². The number of halogens is 1. The molecule has 0 aliphatic heterocycles. The molecule has 0 amide bonds. The number of aliphatic hydroxyl groups excluding tert-OH is 1. The number of hydrogen-bond donors (Lipinski definition) is 2. The zero-order chi connectivity index (χ0) is 15.0. The van der Waals surface area contributed by atoms with Gasteiger partial charge in [0.15, 0.2) is 0 Å². The Morgan fingerprint density at radius 2 is 2.05 bits per heavy atom. The summed E-state index contributed by atoms with van der Waals surface area (Å²) in [7, 11) is -3.55. The van der Waals surface area contributed by atoms with Crippen molar-refractivity contribution in [1.82, 2.24) is 4.72 Å². The predicted molar refractivity (Wildman–Crippen MR) is 81.9 cm³/mol. The van der Waals surface area contributed by atoms with Crippen molar-refractivity contribution in [1.29, 1.82) is 0 Å². The first-order valence-corrected chi connectivity index (χ1v) is 8.95. The summed E-state index contributed by atoms with van der Waals surface area (Å²) in [4.78, 5) is 0.235. The summed E-state index contributed by atoms with van der Waals surface area (Å²) < 4.78 is 28.3. The average Bonchev–Trinajstić information content (AvgIpc) is 2.37. The van der Waals surface area contributed by atoms with Crippen molar-refractivity contribution in [2.75, 3.05) is 6.54 Å². The van der Waals surface area contributed by atoms with Gasteiger partial charge in [-0.25, -0.2) is 13.1 Å². The van der Waals surface area contributed by atoms with E-state index in [4.69, 9.17) is 0 Å². The van der Waals surface area contributed by atoms with Gasteiger partial charge in [0.25, 0.3) is 0 Å². The fourth-order valence-corrected chi connectivity index (χ4v) is 4.53. The van der Waals surface area contributed by atoms with Crippen LogP contribution in [0.2, 0.25) is 0 Å². The maximum absolute atomic E-state index is 12.4. The predicted octanol–water partition coefficient (Wildman–Crippen LogP) is 2.72. The summed E-state index contributed by atoms with van der Waals surface area (Å²) in [6.45, 7) is 4.14. The SMILES string of the molecule is Cc1c(Br)cc(CO)cc1S(=O)(=O)NCC1(C)CCC1. The monoisotopic (exact) mass is 361 g/mol. The van der Waals surface area contributed by atoms with Crippen LogP contribution in [-0.4, -0.2) is 20.1 Å². The topological polar surface area (TPSA) is 66.4 Å². The van der Waals surface area contributed by atoms with Gasteiger partial charge < -0.3 is 5.11 Å². The van der Waals surface area contributed by atoms with Crippen LogP contribution in [0.25, 0.3) is 0 Å². The van der Waals surface area contributed by atoms with Gasteiger partial charge in [-0.2, -0.15) is 0 Å². The van der Waals surface area contributed by atoms with Crippen LogP contribution in [0.15, 0.2) is 21.5 Å². The van der Waals surface area contributed by atoms with E-state index in [1.54, 1.807) is 13.0 Å². The van der Waals surface area contributed by atoms with Crippen molar-refractivity contribution in [3.05, 3.63) is 27.7 Å². The van der Waals surface area contributed by atoms with Crippen LogP contribution < -0.4 is 4.72 Å². The Bertz CT molecular complexity index is 609. The minimum absolute atomic E-state index is 0.0901. The standard InChI is InChI=1S/C14H20BrNO3S/c1-10-12(15)6-11(8-17)7-13(10)20(18,19)16-9-14(2)4-3-5-14/h6-7,16-17H,3-5,8-9H2,1-2H3. The number of rotatable bonds is 5. The molecule has 0 unspecified atom stereocenters. The summed E-state index contributed by atoms with van der Waals surface area (Å²) in [6.07, 6.45) is 3.30. The molecule has 0 spiro atoms. The Hall–Kier alpha value is -0.430. The highest BCUT2D eigenvalue weighted by Crippen LogP contribution is 2.39. The highest BCUT2D eigenvalue weighted by molar-refractivity contribution is 9.10. The van der Waals surface area contributed by atoms with Crippen LogP contribution in [0.4, 0.5) is 0 Å². The third-order valence-corrected chi connectivity index (χ3v) is 6.43. The molecule has 6 heteroatoms. The first-order chi connectivity index (χ1) is 9.27. The fraction of sp³-hybridized carbons (Fsp3) is 0.571. The van der Waals surface area contributed by atoms with E-state index in [0.29, 0.717) is 22.1 Å². The molecular formula is C14H20BrNO3S. The van der Waals surface area contributed by atoms with E-state index in [1.807, 2.05) is 0 Å². The second-order valence-corrected chi connectivity index (χ2v) is 8.44. The van der Waals surface area contributed by atoms with E-state index in [9.17, 15) is 13.5 Å². The summed E-state index contributed by atoms with van der Waals surface area (Å²) >= 11 is 3.34. The van der Waals surface area contributed by atoms with E-state index in [0.717, 1.165) is 12.8 Å². The normalized spacial score (nSPS) is 17.8. The smallest absolute Gasteiger partial charge is 0.240 e. The largest absolute Gasteiger partial charge is 0.392 e. The van der Waals surface area contributed by atoms with Crippen LogP contribution in [-0.2, 0) is 16.6 Å². The molecule has 1 aliphatic carbocycles. The molecule has 0 saturated heterocycles. The quantitative estimate of drug-likeness (QED) is 0.847. The van der Waals surface area contributed by atoms with Crippen molar-refractivity contribution in [2.24, 2.45) is 5.41 Å². The van der Waals surface area contributed by atoms with Crippen molar-refractivity contribution in [2.45, 2.75) is 44.6 Å². The molecule has 1 aromatic carbocycles. The molecule has 112 valence electrons. The fourth-order valence-electron chi connectivity index (χ4n) is 2.38. The molecule has 1 fully saturated rings. The van der Waals surface area contributed by atoms with Crippen molar-refractivity contribution in [3.8, 4) is 0 Å². The van der Waals surface area contributed by atoms with Crippen LogP contribution in [0, 0.1) is 12.3 Å². The van der Waals surface area contributed by atoms with E-state index >= 15 is 0 Å². The molecular weight excluding hydrogens is 342 g/mol. The third kappa shape index (κ3) is 3.24. The molecule has 0 atom stereocenters. The molecule has 1 saturated carbocycles. The minimum atomic E-state index is -3.55. The Kier molecular flexibility index (Phi) is 4.59. The molecule has 1 aromatic rings. The molecule has 0 aromatic heterocycles. The van der Waals surface area contributed by atoms with Gasteiger partial charge in [0.2, 0.25) is 10.0 Å². The lowest BCUT2D eigenvalue weighted by molar-refractivity contribution is 0.166. The van der Waals surface area contributed by atoms with Crippen molar-refractivity contribution >= 4 is 26.0 Å². The number of hydrogen-bond acceptors (Lipinski definition) is 3. The van der Waals surface area contributed by atoms with E-state index in [1.165, 1.54) is 12.5 Å². The lowest BCUT2D eigenvalue weighted by Crippen LogP contribution is -2.40. The first kappa shape index (κ1) is 15.9. The minimum Gasteiger partial charge on any atom is -0.392 e. The van der Waals surface area contributed by atoms with Gasteiger partial charge in [0, 0.05) is 11.0 Å². The molecule has 1 aliphatic rings. The van der Waals surface area contributed by atoms with Gasteiger partial charge in [-0.05, 0) is 48.4 Å². The van der Waals surface area contributed by atoms with E-state index in [-0.39, 0.29) is 16.9 Å². The van der Waals surface area contributed by atoms with Gasteiger partial charge in [0.1, 0.15) is 0 Å². The summed E-state index contributed by atoms with van der Waals surface area (Å²) in [6, 6.07) is 3.27. The van der Waals surface area contributed by atoms with Gasteiger partial charge in [-0.1, -0.05) is 29.3 Å². The lowest BCUT2D eigenvalue weighted by atomic mass is 9.71. The molecule has 2 rings (SSSR count). The Morgan fingerprint density at radius 1 is 1.40 bits per heavy atom. The second kappa shape index (κ2) is 5.75. The maximum Gasteiger partial charge on any atom is 0.240 e. The third-order valence-electron chi connectivity index (χ3n) is 4.08. The molecule has 0 bridgehead atoms. The summed E-state index contributed by atoms with van der Waals surface area (Å²) in [5, 5.41) is 9.21. The summed E-state index contributed by atoms with van der Waals surface area (Å²) in [5.41, 5.74) is 1.33. The van der Waals surface area contributed by atoms with Gasteiger partial charge >= 0.3 is 0 Å². The highest BCUT2D eigenvalue weighted by Gasteiger charge is 2.33. The zero-order valence-corrected chi connectivity index (χ0v) is 14.1. The van der Waals surface area contributed by atoms with Crippen LogP contribution in [0.3, 0.4) is 0 Å². The second-order valence-electron chi connectivity index (χ2n) is 5.85. The van der Waals surface area contributed by atoms with E-state index < -0.39 is 10.0 Å². The number of benzene rings is 1. The Balaban J connectivity index is 2.26. The highest BCUT2D eigenvalue weighted by atomic mass is 79.9. The van der Waals surface area contributed by atoms with Gasteiger partial charge in [-0.15, -0.1) is 0 Å². The molecule has 2 N–H and O–H groups in total. The number of aliphatic hydroxyl groups is 1. The first-order valence-electron chi connectivity index (χ1n) is 6.67. The zero-order valence-electron chi connectivity index (χ0n) is 11.7. The van der Waals surface area contributed by atoms with Crippen LogP contribution in [0.5, 0.6) is 0 Å². The van der Waals surface area contributed by atoms with Gasteiger partial charge in [-0.3, -0.25) is 0 Å². The van der Waals surface area contributed by atoms with Crippen molar-refractivity contribution < 1.29 is 13.5 Å². The molecule has 4 nitrogen and oxygen atoms in total. The summed E-state index contributed by atoms with van der Waals surface area (Å²) in [5.74, 6) is 0. The molecule has 0 heterocycles. The average molecular weight is 362 g/mol. The molecule has 0 radical (unpaired) electrons.